The number of aliphatic hydroxyl groups excluding tert-OH is 2. The van der Waals surface area contributed by atoms with Gasteiger partial charge in [-0.15, -0.1) is 0 Å². The monoisotopic (exact) mass is 492 g/mol. The number of hydrogen-bond donors (Lipinski definition) is 2. The Morgan fingerprint density at radius 3 is 1.58 bits per heavy atom. The van der Waals surface area contributed by atoms with Gasteiger partial charge in [-0.3, -0.25) is 0 Å². The molecule has 9 nitrogen and oxygen atoms in total. The molecule has 9 heteroatoms. The summed E-state index contributed by atoms with van der Waals surface area (Å²) in [5.74, 6) is -2.25. The fourth-order valence-corrected chi connectivity index (χ4v) is 3.68. The van der Waals surface area contributed by atoms with Gasteiger partial charge in [-0.05, 0) is 36.4 Å². The molecule has 4 rings (SSSR count). The molecule has 1 saturated heterocycles. The van der Waals surface area contributed by atoms with E-state index in [-0.39, 0.29) is 16.7 Å². The van der Waals surface area contributed by atoms with Crippen LogP contribution >= 0.6 is 0 Å². The van der Waals surface area contributed by atoms with Crippen molar-refractivity contribution >= 4 is 17.9 Å². The molecule has 3 aromatic rings. The maximum absolute atomic E-state index is 12.8. The van der Waals surface area contributed by atoms with Crippen molar-refractivity contribution in [3.05, 3.63) is 108 Å². The number of hydrogen-bond acceptors (Lipinski definition) is 9. The molecule has 1 fully saturated rings. The number of benzene rings is 3. The van der Waals surface area contributed by atoms with Gasteiger partial charge in [0.05, 0.1) is 16.7 Å². The summed E-state index contributed by atoms with van der Waals surface area (Å²) >= 11 is 0. The van der Waals surface area contributed by atoms with Gasteiger partial charge in [-0.1, -0.05) is 54.6 Å². The number of aliphatic hydroxyl groups is 2. The van der Waals surface area contributed by atoms with E-state index in [0.29, 0.717) is 0 Å². The van der Waals surface area contributed by atoms with E-state index in [2.05, 4.69) is 0 Å². The zero-order valence-corrected chi connectivity index (χ0v) is 19.0. The molecule has 0 aliphatic carbocycles. The van der Waals surface area contributed by atoms with Gasteiger partial charge >= 0.3 is 17.9 Å². The SMILES string of the molecule is O=C(OC[C@@H](O)[C@@H]1O[C@@H](O)[C@H](OC(=O)c2ccccc2)[C@H]1OC(=O)c1ccccc1)c1ccccc1. The largest absolute Gasteiger partial charge is 0.459 e. The summed E-state index contributed by atoms with van der Waals surface area (Å²) in [6, 6.07) is 24.2. The molecule has 36 heavy (non-hydrogen) atoms. The minimum absolute atomic E-state index is 0.204. The number of carbonyl (C=O) groups excluding carboxylic acids is 3. The molecule has 0 unspecified atom stereocenters. The fraction of sp³-hybridized carbons (Fsp3) is 0.222. The first-order valence-corrected chi connectivity index (χ1v) is 11.2. The molecule has 1 heterocycles. The van der Waals surface area contributed by atoms with E-state index >= 15 is 0 Å². The van der Waals surface area contributed by atoms with Gasteiger partial charge in [0.1, 0.15) is 18.8 Å². The Labute approximate surface area is 206 Å². The molecule has 0 amide bonds. The number of esters is 3. The molecule has 0 saturated carbocycles. The van der Waals surface area contributed by atoms with E-state index in [1.807, 2.05) is 0 Å². The molecular formula is C27H24O9. The lowest BCUT2D eigenvalue weighted by Crippen LogP contribution is -2.45. The van der Waals surface area contributed by atoms with Crippen LogP contribution < -0.4 is 0 Å². The van der Waals surface area contributed by atoms with Crippen LogP contribution in [0, 0.1) is 0 Å². The summed E-state index contributed by atoms with van der Waals surface area (Å²) < 4.78 is 21.5. The average Bonchev–Trinajstić information content (AvgIpc) is 3.22. The van der Waals surface area contributed by atoms with Gasteiger partial charge in [0.15, 0.2) is 18.5 Å². The summed E-state index contributed by atoms with van der Waals surface area (Å²) in [6.45, 7) is -0.524. The third-order valence-electron chi connectivity index (χ3n) is 5.50. The third-order valence-corrected chi connectivity index (χ3v) is 5.50. The molecular weight excluding hydrogens is 468 g/mol. The van der Waals surface area contributed by atoms with Crippen molar-refractivity contribution in [2.24, 2.45) is 0 Å². The van der Waals surface area contributed by atoms with E-state index in [0.717, 1.165) is 0 Å². The molecule has 5 atom stereocenters. The summed E-state index contributed by atoms with van der Waals surface area (Å²) in [7, 11) is 0. The number of carbonyl (C=O) groups is 3. The van der Waals surface area contributed by atoms with Crippen molar-refractivity contribution in [2.45, 2.75) is 30.7 Å². The zero-order valence-electron chi connectivity index (χ0n) is 19.0. The van der Waals surface area contributed by atoms with Gasteiger partial charge in [0, 0.05) is 0 Å². The van der Waals surface area contributed by atoms with Crippen molar-refractivity contribution in [3.63, 3.8) is 0 Å². The second-order valence-corrected chi connectivity index (χ2v) is 7.99. The van der Waals surface area contributed by atoms with Crippen LogP contribution in [0.3, 0.4) is 0 Å². The van der Waals surface area contributed by atoms with Crippen molar-refractivity contribution in [2.75, 3.05) is 6.61 Å². The lowest BCUT2D eigenvalue weighted by molar-refractivity contribution is -0.151. The average molecular weight is 492 g/mol. The molecule has 0 spiro atoms. The lowest BCUT2D eigenvalue weighted by atomic mass is 10.1. The standard InChI is InChI=1S/C27H24O9/c28-20(16-33-24(29)17-10-4-1-5-11-17)21-22(35-25(30)18-12-6-2-7-13-18)23(27(32)34-21)36-26(31)19-14-8-3-9-15-19/h1-15,20-23,27-28,32H,16H2/t20-,21+,22+,23-,27-/m1/s1. The molecule has 1 aliphatic heterocycles. The van der Waals surface area contributed by atoms with E-state index in [1.54, 1.807) is 66.7 Å². The Morgan fingerprint density at radius 2 is 1.11 bits per heavy atom. The Kier molecular flexibility index (Phi) is 8.06. The first-order chi connectivity index (χ1) is 17.4. The van der Waals surface area contributed by atoms with E-state index < -0.39 is 55.2 Å². The number of rotatable bonds is 8. The Morgan fingerprint density at radius 1 is 0.694 bits per heavy atom. The van der Waals surface area contributed by atoms with E-state index in [4.69, 9.17) is 18.9 Å². The van der Waals surface area contributed by atoms with Crippen LogP contribution in [0.25, 0.3) is 0 Å². The second-order valence-electron chi connectivity index (χ2n) is 7.99. The van der Waals surface area contributed by atoms with Gasteiger partial charge in [-0.25, -0.2) is 14.4 Å². The van der Waals surface area contributed by atoms with Crippen LogP contribution in [0.1, 0.15) is 31.1 Å². The van der Waals surface area contributed by atoms with Crippen LogP contribution in [-0.2, 0) is 18.9 Å². The predicted octanol–water partition coefficient (Wildman–Crippen LogP) is 2.37. The lowest BCUT2D eigenvalue weighted by Gasteiger charge is -2.25. The highest BCUT2D eigenvalue weighted by molar-refractivity contribution is 5.90. The van der Waals surface area contributed by atoms with Crippen LogP contribution in [-0.4, -0.2) is 65.4 Å². The van der Waals surface area contributed by atoms with E-state index in [1.165, 1.54) is 24.3 Å². The Hall–Kier alpha value is -4.05. The topological polar surface area (TPSA) is 129 Å². The quantitative estimate of drug-likeness (QED) is 0.360. The van der Waals surface area contributed by atoms with Crippen LogP contribution in [0.5, 0.6) is 0 Å². The molecule has 0 aromatic heterocycles. The first kappa shape index (κ1) is 25.1. The van der Waals surface area contributed by atoms with Crippen LogP contribution in [0.15, 0.2) is 91.0 Å². The van der Waals surface area contributed by atoms with Gasteiger partial charge in [-0.2, -0.15) is 0 Å². The normalized spacial score (nSPS) is 21.8. The smallest absolute Gasteiger partial charge is 0.338 e. The Balaban J connectivity index is 1.51. The van der Waals surface area contributed by atoms with E-state index in [9.17, 15) is 24.6 Å². The van der Waals surface area contributed by atoms with Gasteiger partial charge < -0.3 is 29.2 Å². The molecule has 1 aliphatic rings. The number of ether oxygens (including phenoxy) is 4. The van der Waals surface area contributed by atoms with Crippen LogP contribution in [0.4, 0.5) is 0 Å². The summed E-state index contributed by atoms with van der Waals surface area (Å²) in [5.41, 5.74) is 0.688. The maximum atomic E-state index is 12.8. The van der Waals surface area contributed by atoms with Crippen molar-refractivity contribution in [1.82, 2.24) is 0 Å². The molecule has 0 bridgehead atoms. The Bertz CT molecular complexity index is 1170. The minimum atomic E-state index is -1.71. The second kappa shape index (κ2) is 11.6. The molecule has 2 N–H and O–H groups in total. The van der Waals surface area contributed by atoms with Gasteiger partial charge in [0.25, 0.3) is 0 Å². The van der Waals surface area contributed by atoms with Crippen LogP contribution in [0.2, 0.25) is 0 Å². The highest BCUT2D eigenvalue weighted by Crippen LogP contribution is 2.29. The molecule has 3 aromatic carbocycles. The van der Waals surface area contributed by atoms with Crippen molar-refractivity contribution in [3.8, 4) is 0 Å². The highest BCUT2D eigenvalue weighted by Gasteiger charge is 2.52. The van der Waals surface area contributed by atoms with Gasteiger partial charge in [0.2, 0.25) is 0 Å². The van der Waals surface area contributed by atoms with Crippen molar-refractivity contribution < 1.29 is 43.5 Å². The maximum Gasteiger partial charge on any atom is 0.338 e. The zero-order chi connectivity index (χ0) is 25.5. The summed E-state index contributed by atoms with van der Waals surface area (Å²) in [4.78, 5) is 37.7. The predicted molar refractivity (Wildman–Crippen MR) is 125 cm³/mol. The summed E-state index contributed by atoms with van der Waals surface area (Å²) in [6.07, 6.45) is -7.43. The third kappa shape index (κ3) is 5.95. The molecule has 186 valence electrons. The molecule has 0 radical (unpaired) electrons. The fourth-order valence-electron chi connectivity index (χ4n) is 3.68. The van der Waals surface area contributed by atoms with Crippen molar-refractivity contribution in [1.29, 1.82) is 0 Å². The minimum Gasteiger partial charge on any atom is -0.459 e. The highest BCUT2D eigenvalue weighted by atomic mass is 16.7. The summed E-state index contributed by atoms with van der Waals surface area (Å²) in [5, 5.41) is 21.2. The first-order valence-electron chi connectivity index (χ1n) is 11.2.